The van der Waals surface area contributed by atoms with E-state index in [4.69, 9.17) is 5.73 Å². The summed E-state index contributed by atoms with van der Waals surface area (Å²) in [5.74, 6) is 0.362. The van der Waals surface area contributed by atoms with Crippen LogP contribution >= 0.6 is 31.9 Å². The lowest BCUT2D eigenvalue weighted by Gasteiger charge is -2.11. The fraction of sp³-hybridized carbons (Fsp3) is 0.143. The fourth-order valence-electron chi connectivity index (χ4n) is 2.66. The molecule has 0 atom stereocenters. The van der Waals surface area contributed by atoms with Gasteiger partial charge in [0.1, 0.15) is 5.82 Å². The number of halogens is 2. The Balaban J connectivity index is 1.51. The van der Waals surface area contributed by atoms with Gasteiger partial charge in [0.25, 0.3) is 5.91 Å². The molecule has 0 spiro atoms. The van der Waals surface area contributed by atoms with Crippen molar-refractivity contribution in [1.29, 1.82) is 0 Å². The summed E-state index contributed by atoms with van der Waals surface area (Å²) in [7, 11) is 0. The standard InChI is InChI=1S/C21H20Br2N6O2/c22-15-6-1-5-14(10-15)20(31)26-9-3-8-25-19-17(23)12-27-21(29-19)28-16-7-2-4-13(11-16)18(24)30/h1-2,4-7,10-12H,3,8-9H2,(H2,24,30)(H,26,31)(H2,25,27,28,29). The quantitative estimate of drug-likeness (QED) is 0.299. The molecule has 3 aromatic rings. The molecule has 2 aromatic carbocycles. The van der Waals surface area contributed by atoms with E-state index in [2.05, 4.69) is 57.8 Å². The van der Waals surface area contributed by atoms with E-state index in [0.717, 1.165) is 4.47 Å². The van der Waals surface area contributed by atoms with Crippen molar-refractivity contribution < 1.29 is 9.59 Å². The van der Waals surface area contributed by atoms with E-state index < -0.39 is 5.91 Å². The molecule has 0 unspecified atom stereocenters. The molecule has 3 rings (SSSR count). The lowest BCUT2D eigenvalue weighted by Crippen LogP contribution is -2.25. The van der Waals surface area contributed by atoms with E-state index in [1.807, 2.05) is 12.1 Å². The highest BCUT2D eigenvalue weighted by Gasteiger charge is 2.08. The third kappa shape index (κ3) is 6.76. The minimum absolute atomic E-state index is 0.116. The first kappa shape index (κ1) is 22.7. The first-order chi connectivity index (χ1) is 14.9. The normalized spacial score (nSPS) is 10.4. The number of carbonyl (C=O) groups is 2. The van der Waals surface area contributed by atoms with Crippen LogP contribution in [0.2, 0.25) is 0 Å². The van der Waals surface area contributed by atoms with Crippen molar-refractivity contribution in [3.8, 4) is 0 Å². The van der Waals surface area contributed by atoms with Crippen molar-refractivity contribution in [2.75, 3.05) is 23.7 Å². The van der Waals surface area contributed by atoms with Crippen LogP contribution < -0.4 is 21.7 Å². The smallest absolute Gasteiger partial charge is 0.251 e. The SMILES string of the molecule is NC(=O)c1cccc(Nc2ncc(Br)c(NCCCNC(=O)c3cccc(Br)c3)n2)c1. The molecule has 0 aliphatic carbocycles. The zero-order chi connectivity index (χ0) is 22.2. The Morgan fingerprint density at radius 3 is 2.55 bits per heavy atom. The third-order valence-electron chi connectivity index (χ3n) is 4.17. The number of nitrogens with two attached hydrogens (primary N) is 1. The van der Waals surface area contributed by atoms with Crippen molar-refractivity contribution in [1.82, 2.24) is 15.3 Å². The number of aromatic nitrogens is 2. The van der Waals surface area contributed by atoms with Crippen LogP contribution in [0.1, 0.15) is 27.1 Å². The molecule has 1 aromatic heterocycles. The number of hydrogen-bond acceptors (Lipinski definition) is 6. The molecule has 2 amide bonds. The topological polar surface area (TPSA) is 122 Å². The van der Waals surface area contributed by atoms with Gasteiger partial charge in [-0.25, -0.2) is 4.98 Å². The van der Waals surface area contributed by atoms with Gasteiger partial charge >= 0.3 is 0 Å². The zero-order valence-electron chi connectivity index (χ0n) is 16.4. The molecular weight excluding hydrogens is 528 g/mol. The molecule has 5 N–H and O–H groups in total. The van der Waals surface area contributed by atoms with Crippen LogP contribution in [0.3, 0.4) is 0 Å². The van der Waals surface area contributed by atoms with Gasteiger partial charge in [0.15, 0.2) is 0 Å². The zero-order valence-corrected chi connectivity index (χ0v) is 19.5. The average Bonchev–Trinajstić information content (AvgIpc) is 2.75. The van der Waals surface area contributed by atoms with Gasteiger partial charge in [0.2, 0.25) is 11.9 Å². The first-order valence-corrected chi connectivity index (χ1v) is 11.0. The fourth-order valence-corrected chi connectivity index (χ4v) is 3.39. The second-order valence-electron chi connectivity index (χ2n) is 6.51. The Morgan fingerprint density at radius 2 is 1.77 bits per heavy atom. The number of amides is 2. The van der Waals surface area contributed by atoms with E-state index in [1.165, 1.54) is 0 Å². The molecule has 160 valence electrons. The van der Waals surface area contributed by atoms with Crippen LogP contribution in [0.5, 0.6) is 0 Å². The lowest BCUT2D eigenvalue weighted by atomic mass is 10.2. The second-order valence-corrected chi connectivity index (χ2v) is 8.28. The second kappa shape index (κ2) is 10.9. The monoisotopic (exact) mass is 546 g/mol. The van der Waals surface area contributed by atoms with E-state index >= 15 is 0 Å². The summed E-state index contributed by atoms with van der Waals surface area (Å²) in [4.78, 5) is 32.2. The highest BCUT2D eigenvalue weighted by Crippen LogP contribution is 2.22. The van der Waals surface area contributed by atoms with Gasteiger partial charge in [0, 0.05) is 40.6 Å². The summed E-state index contributed by atoms with van der Waals surface area (Å²) in [6.07, 6.45) is 2.34. The summed E-state index contributed by atoms with van der Waals surface area (Å²) in [5.41, 5.74) is 6.97. The number of nitrogens with zero attached hydrogens (tertiary/aromatic N) is 2. The van der Waals surface area contributed by atoms with E-state index in [9.17, 15) is 9.59 Å². The number of rotatable bonds is 9. The molecule has 0 aliphatic heterocycles. The van der Waals surface area contributed by atoms with Crippen LogP contribution in [0.15, 0.2) is 63.7 Å². The van der Waals surface area contributed by atoms with Crippen LogP contribution in [-0.2, 0) is 0 Å². The molecular formula is C21H20Br2N6O2. The van der Waals surface area contributed by atoms with Crippen molar-refractivity contribution in [3.05, 3.63) is 74.8 Å². The van der Waals surface area contributed by atoms with Crippen LogP contribution in [-0.4, -0.2) is 34.9 Å². The highest BCUT2D eigenvalue weighted by atomic mass is 79.9. The molecule has 0 fully saturated rings. The Bertz CT molecular complexity index is 1090. The number of hydrogen-bond donors (Lipinski definition) is 4. The highest BCUT2D eigenvalue weighted by molar-refractivity contribution is 9.10. The maximum absolute atomic E-state index is 12.2. The van der Waals surface area contributed by atoms with E-state index in [1.54, 1.807) is 42.6 Å². The van der Waals surface area contributed by atoms with E-state index in [-0.39, 0.29) is 5.91 Å². The minimum Gasteiger partial charge on any atom is -0.369 e. The van der Waals surface area contributed by atoms with E-state index in [0.29, 0.717) is 52.6 Å². The van der Waals surface area contributed by atoms with Gasteiger partial charge < -0.3 is 21.7 Å². The van der Waals surface area contributed by atoms with Gasteiger partial charge in [-0.2, -0.15) is 4.98 Å². The van der Waals surface area contributed by atoms with Gasteiger partial charge in [0.05, 0.1) is 4.47 Å². The Kier molecular flexibility index (Phi) is 7.96. The maximum Gasteiger partial charge on any atom is 0.251 e. The molecule has 10 heteroatoms. The van der Waals surface area contributed by atoms with Crippen molar-refractivity contribution in [2.45, 2.75) is 6.42 Å². The Labute approximate surface area is 196 Å². The van der Waals surface area contributed by atoms with Crippen LogP contribution in [0, 0.1) is 0 Å². The molecule has 0 saturated carbocycles. The number of carbonyl (C=O) groups excluding carboxylic acids is 2. The van der Waals surface area contributed by atoms with Gasteiger partial charge in [-0.1, -0.05) is 28.1 Å². The minimum atomic E-state index is -0.505. The summed E-state index contributed by atoms with van der Waals surface area (Å²) < 4.78 is 1.57. The largest absolute Gasteiger partial charge is 0.369 e. The molecule has 31 heavy (non-hydrogen) atoms. The maximum atomic E-state index is 12.2. The average molecular weight is 548 g/mol. The first-order valence-electron chi connectivity index (χ1n) is 9.39. The summed E-state index contributed by atoms with van der Waals surface area (Å²) >= 11 is 6.79. The lowest BCUT2D eigenvalue weighted by molar-refractivity contribution is 0.0952. The molecule has 0 aliphatic rings. The summed E-state index contributed by atoms with van der Waals surface area (Å²) in [6, 6.07) is 14.0. The third-order valence-corrected chi connectivity index (χ3v) is 5.24. The molecule has 1 heterocycles. The van der Waals surface area contributed by atoms with Crippen LogP contribution in [0.4, 0.5) is 17.5 Å². The van der Waals surface area contributed by atoms with Gasteiger partial charge in [-0.3, -0.25) is 9.59 Å². The summed E-state index contributed by atoms with van der Waals surface area (Å²) in [5, 5.41) is 9.17. The molecule has 8 nitrogen and oxygen atoms in total. The van der Waals surface area contributed by atoms with Crippen molar-refractivity contribution in [2.24, 2.45) is 5.73 Å². The number of nitrogens with one attached hydrogen (secondary N) is 3. The molecule has 0 saturated heterocycles. The van der Waals surface area contributed by atoms with Crippen molar-refractivity contribution >= 4 is 61.1 Å². The summed E-state index contributed by atoms with van der Waals surface area (Å²) in [6.45, 7) is 1.12. The van der Waals surface area contributed by atoms with Gasteiger partial charge in [-0.05, 0) is 58.7 Å². The van der Waals surface area contributed by atoms with Gasteiger partial charge in [-0.15, -0.1) is 0 Å². The predicted octanol–water partition coefficient (Wildman–Crippen LogP) is 4.08. The Hall–Kier alpha value is -2.98. The molecule has 0 radical (unpaired) electrons. The van der Waals surface area contributed by atoms with Crippen molar-refractivity contribution in [3.63, 3.8) is 0 Å². The molecule has 0 bridgehead atoms. The number of benzene rings is 2. The predicted molar refractivity (Wildman–Crippen MR) is 128 cm³/mol. The number of anilines is 3. The Morgan fingerprint density at radius 1 is 1.00 bits per heavy atom. The number of primary amides is 1. The van der Waals surface area contributed by atoms with Crippen LogP contribution in [0.25, 0.3) is 0 Å².